The summed E-state index contributed by atoms with van der Waals surface area (Å²) in [6.45, 7) is 4.07. The van der Waals surface area contributed by atoms with Gasteiger partial charge in [-0.2, -0.15) is 0 Å². The molecule has 3 aliphatic rings. The first-order chi connectivity index (χ1) is 18.4. The van der Waals surface area contributed by atoms with Crippen molar-refractivity contribution in [3.63, 3.8) is 0 Å². The number of piperidine rings is 1. The molecule has 2 heterocycles. The average molecular weight is 548 g/mol. The number of carboxylic acid groups (broad SMARTS) is 2. The van der Waals surface area contributed by atoms with Gasteiger partial charge in [-0.15, -0.1) is 0 Å². The second-order valence-corrected chi connectivity index (χ2v) is 10.4. The Labute approximate surface area is 224 Å². The quantitative estimate of drug-likeness (QED) is 0.323. The fourth-order valence-corrected chi connectivity index (χ4v) is 6.14. The topological polar surface area (TPSA) is 180 Å². The summed E-state index contributed by atoms with van der Waals surface area (Å²) in [5.41, 5.74) is -0.313. The van der Waals surface area contributed by atoms with Crippen LogP contribution in [0, 0.1) is 6.92 Å². The number of aliphatic hydroxyl groups is 2. The lowest BCUT2D eigenvalue weighted by Gasteiger charge is -2.58. The molecule has 1 fully saturated rings. The van der Waals surface area contributed by atoms with Gasteiger partial charge in [0.2, 0.25) is 6.10 Å². The molecule has 0 unspecified atom stereocenters. The van der Waals surface area contributed by atoms with Crippen molar-refractivity contribution in [1.29, 1.82) is 0 Å². The summed E-state index contributed by atoms with van der Waals surface area (Å²) in [6, 6.07) is 3.26. The van der Waals surface area contributed by atoms with Crippen molar-refractivity contribution >= 4 is 23.9 Å². The molecule has 1 saturated heterocycles. The number of benzene rings is 1. The van der Waals surface area contributed by atoms with Gasteiger partial charge in [-0.25, -0.2) is 4.79 Å². The SMILES string of the molecule is Cc1ccc(CO)c2c1[C@]13CCN(C)[C@H](C)[C@]1(O)CC=C(OC(=O)[C@H](CC(=O)O)OC(=O)CCC(=O)O)[C@@H]3O2. The van der Waals surface area contributed by atoms with Crippen molar-refractivity contribution in [2.75, 3.05) is 13.6 Å². The zero-order valence-electron chi connectivity index (χ0n) is 22.0. The minimum Gasteiger partial charge on any atom is -0.481 e. The van der Waals surface area contributed by atoms with Crippen LogP contribution >= 0.6 is 0 Å². The number of likely N-dealkylation sites (tertiary alicyclic amines) is 1. The van der Waals surface area contributed by atoms with E-state index in [2.05, 4.69) is 0 Å². The molecule has 0 aromatic heterocycles. The number of carboxylic acids is 2. The number of aryl methyl sites for hydroxylation is 1. The summed E-state index contributed by atoms with van der Waals surface area (Å²) in [4.78, 5) is 49.4. The van der Waals surface area contributed by atoms with Gasteiger partial charge in [-0.1, -0.05) is 12.1 Å². The molecule has 2 aliphatic heterocycles. The van der Waals surface area contributed by atoms with Gasteiger partial charge in [0, 0.05) is 23.6 Å². The Bertz CT molecular complexity index is 1230. The molecule has 212 valence electrons. The number of ether oxygens (including phenoxy) is 3. The number of hydrogen-bond acceptors (Lipinski definition) is 10. The van der Waals surface area contributed by atoms with Gasteiger partial charge in [0.1, 0.15) is 11.5 Å². The van der Waals surface area contributed by atoms with Crippen LogP contribution in [-0.2, 0) is 40.7 Å². The van der Waals surface area contributed by atoms with Crippen LogP contribution in [0.3, 0.4) is 0 Å². The number of aliphatic carboxylic acids is 2. The number of hydrogen-bond donors (Lipinski definition) is 4. The van der Waals surface area contributed by atoms with Gasteiger partial charge < -0.3 is 39.5 Å². The summed E-state index contributed by atoms with van der Waals surface area (Å²) >= 11 is 0. The highest BCUT2D eigenvalue weighted by Crippen LogP contribution is 2.61. The van der Waals surface area contributed by atoms with Crippen LogP contribution in [0.1, 0.15) is 55.7 Å². The second kappa shape index (κ2) is 10.6. The largest absolute Gasteiger partial charge is 0.481 e. The van der Waals surface area contributed by atoms with Gasteiger partial charge >= 0.3 is 23.9 Å². The molecule has 0 amide bonds. The molecule has 1 aromatic rings. The van der Waals surface area contributed by atoms with Crippen molar-refractivity contribution in [1.82, 2.24) is 4.90 Å². The molecule has 5 atom stereocenters. The number of rotatable bonds is 9. The molecule has 1 aliphatic carbocycles. The molecule has 0 bridgehead atoms. The Kier molecular flexibility index (Phi) is 7.75. The molecular formula is C27H33NO11. The fourth-order valence-electron chi connectivity index (χ4n) is 6.14. The van der Waals surface area contributed by atoms with Crippen LogP contribution < -0.4 is 4.74 Å². The van der Waals surface area contributed by atoms with E-state index in [0.29, 0.717) is 24.3 Å². The summed E-state index contributed by atoms with van der Waals surface area (Å²) in [5.74, 6) is -4.45. The number of esters is 2. The predicted octanol–water partition coefficient (Wildman–Crippen LogP) is 1.02. The third-order valence-electron chi connectivity index (χ3n) is 8.26. The molecular weight excluding hydrogens is 514 g/mol. The standard InChI is InChI=1S/C27H33NO11/c1-14-4-5-16(13-29)23-22(14)26-10-11-28(3)15(2)27(26,36)9-8-17(24(26)39-23)38-25(35)18(12-20(32)33)37-21(34)7-6-19(30)31/h4-5,8,15,18,24,29,36H,6-7,9-13H2,1-3H3,(H,30,31)(H,32,33)/t15-,18+,24+,26+,27-/m1/s1. The first-order valence-electron chi connectivity index (χ1n) is 12.7. The van der Waals surface area contributed by atoms with Crippen LogP contribution in [0.25, 0.3) is 0 Å². The lowest BCUT2D eigenvalue weighted by molar-refractivity contribution is -0.175. The number of nitrogens with zero attached hydrogens (tertiary/aromatic N) is 1. The van der Waals surface area contributed by atoms with Crippen LogP contribution in [0.4, 0.5) is 0 Å². The van der Waals surface area contributed by atoms with Gasteiger partial charge in [0.15, 0.2) is 6.10 Å². The third kappa shape index (κ3) is 4.77. The molecule has 1 spiro atoms. The minimum atomic E-state index is -1.82. The summed E-state index contributed by atoms with van der Waals surface area (Å²) in [7, 11) is 1.91. The Hall–Kier alpha value is -3.48. The molecule has 4 N–H and O–H groups in total. The molecule has 12 heteroatoms. The zero-order valence-corrected chi connectivity index (χ0v) is 22.0. The maximum Gasteiger partial charge on any atom is 0.353 e. The van der Waals surface area contributed by atoms with E-state index in [1.54, 1.807) is 6.07 Å². The zero-order chi connectivity index (χ0) is 28.7. The van der Waals surface area contributed by atoms with Crippen molar-refractivity contribution in [3.05, 3.63) is 40.7 Å². The van der Waals surface area contributed by atoms with Crippen molar-refractivity contribution < 1.29 is 53.8 Å². The highest BCUT2D eigenvalue weighted by molar-refractivity contribution is 5.85. The molecule has 12 nitrogen and oxygen atoms in total. The molecule has 0 radical (unpaired) electrons. The smallest absolute Gasteiger partial charge is 0.353 e. The fraction of sp³-hybridized carbons (Fsp3) is 0.556. The van der Waals surface area contributed by atoms with Gasteiger partial charge in [-0.05, 0) is 45.5 Å². The van der Waals surface area contributed by atoms with Gasteiger partial charge in [0.25, 0.3) is 0 Å². The Morgan fingerprint density at radius 1 is 1.18 bits per heavy atom. The van der Waals surface area contributed by atoms with E-state index in [1.165, 1.54) is 6.08 Å². The molecule has 4 rings (SSSR count). The van der Waals surface area contributed by atoms with E-state index in [9.17, 15) is 34.5 Å². The predicted molar refractivity (Wildman–Crippen MR) is 133 cm³/mol. The maximum atomic E-state index is 13.1. The normalized spacial score (nSPS) is 28.2. The van der Waals surface area contributed by atoms with E-state index >= 15 is 0 Å². The summed E-state index contributed by atoms with van der Waals surface area (Å²) in [5, 5.41) is 40.3. The van der Waals surface area contributed by atoms with E-state index in [4.69, 9.17) is 19.3 Å². The van der Waals surface area contributed by atoms with Gasteiger partial charge in [0.05, 0.1) is 36.9 Å². The van der Waals surface area contributed by atoms with E-state index in [1.807, 2.05) is 31.9 Å². The van der Waals surface area contributed by atoms with Gasteiger partial charge in [-0.3, -0.25) is 14.4 Å². The summed E-state index contributed by atoms with van der Waals surface area (Å²) < 4.78 is 17.0. The maximum absolute atomic E-state index is 13.1. The highest BCUT2D eigenvalue weighted by Gasteiger charge is 2.69. The Morgan fingerprint density at radius 2 is 1.90 bits per heavy atom. The Balaban J connectivity index is 1.71. The lowest BCUT2D eigenvalue weighted by atomic mass is 9.54. The molecule has 1 aromatic carbocycles. The number of carbonyl (C=O) groups is 4. The van der Waals surface area contributed by atoms with Crippen LogP contribution in [0.2, 0.25) is 0 Å². The number of fused-ring (bicyclic) bond motifs is 1. The molecule has 0 saturated carbocycles. The lowest BCUT2D eigenvalue weighted by Crippen LogP contribution is -2.71. The first-order valence-corrected chi connectivity index (χ1v) is 12.7. The highest BCUT2D eigenvalue weighted by atomic mass is 16.6. The number of carbonyl (C=O) groups excluding carboxylic acids is 2. The summed E-state index contributed by atoms with van der Waals surface area (Å²) in [6.07, 6.45) is -2.73. The third-order valence-corrected chi connectivity index (χ3v) is 8.26. The number of aliphatic hydroxyl groups excluding tert-OH is 1. The van der Waals surface area contributed by atoms with Crippen molar-refractivity contribution in [2.45, 2.75) is 81.8 Å². The monoisotopic (exact) mass is 547 g/mol. The van der Waals surface area contributed by atoms with Crippen LogP contribution in [0.15, 0.2) is 24.0 Å². The second-order valence-electron chi connectivity index (χ2n) is 10.4. The first kappa shape index (κ1) is 28.5. The minimum absolute atomic E-state index is 0.0397. The van der Waals surface area contributed by atoms with Crippen LogP contribution in [-0.4, -0.2) is 86.6 Å². The number of likely N-dealkylation sites (N-methyl/N-ethyl adjacent to an activating group) is 1. The Morgan fingerprint density at radius 3 is 2.54 bits per heavy atom. The van der Waals surface area contributed by atoms with Crippen molar-refractivity contribution in [3.8, 4) is 5.75 Å². The van der Waals surface area contributed by atoms with E-state index < -0.39 is 66.4 Å². The van der Waals surface area contributed by atoms with Crippen LogP contribution in [0.5, 0.6) is 5.75 Å². The van der Waals surface area contributed by atoms with E-state index in [-0.39, 0.29) is 24.8 Å². The molecule has 39 heavy (non-hydrogen) atoms. The van der Waals surface area contributed by atoms with Crippen molar-refractivity contribution in [2.24, 2.45) is 0 Å². The average Bonchev–Trinajstić information content (AvgIpc) is 3.24. The van der Waals surface area contributed by atoms with E-state index in [0.717, 1.165) is 11.1 Å².